The van der Waals surface area contributed by atoms with Gasteiger partial charge in [0.05, 0.1) is 5.52 Å². The molecule has 2 heterocycles. The number of nitrogens with zero attached hydrogens (tertiary/aromatic N) is 3. The van der Waals surface area contributed by atoms with Crippen molar-refractivity contribution in [3.63, 3.8) is 0 Å². The molecule has 0 unspecified atom stereocenters. The van der Waals surface area contributed by atoms with Crippen LogP contribution < -0.4 is 10.1 Å². The summed E-state index contributed by atoms with van der Waals surface area (Å²) < 4.78 is 6.05. The van der Waals surface area contributed by atoms with Crippen molar-refractivity contribution in [3.8, 4) is 16.9 Å². The van der Waals surface area contributed by atoms with Crippen molar-refractivity contribution in [2.24, 2.45) is 0 Å². The number of hydrogen-bond acceptors (Lipinski definition) is 4. The second-order valence-electron chi connectivity index (χ2n) is 10.6. The van der Waals surface area contributed by atoms with Crippen LogP contribution in [0.15, 0.2) is 48.7 Å². The van der Waals surface area contributed by atoms with Gasteiger partial charge in [-0.05, 0) is 82.0 Å². The van der Waals surface area contributed by atoms with Crippen LogP contribution in [-0.2, 0) is 4.79 Å². The van der Waals surface area contributed by atoms with Gasteiger partial charge in [0, 0.05) is 49.4 Å². The average molecular weight is 489 g/mol. The molecular weight excluding hydrogens is 452 g/mol. The number of nitrogens with one attached hydrogen (secondary N) is 1. The molecule has 36 heavy (non-hydrogen) atoms. The molecule has 0 radical (unpaired) electrons. The van der Waals surface area contributed by atoms with Gasteiger partial charge in [0.15, 0.2) is 6.10 Å². The van der Waals surface area contributed by atoms with Crippen molar-refractivity contribution in [2.45, 2.75) is 53.2 Å². The summed E-state index contributed by atoms with van der Waals surface area (Å²) in [6, 6.07) is 14.1. The molecule has 2 aromatic carbocycles. The summed E-state index contributed by atoms with van der Waals surface area (Å²) in [5.41, 5.74) is 5.33. The van der Waals surface area contributed by atoms with Crippen molar-refractivity contribution in [1.82, 2.24) is 20.1 Å². The van der Waals surface area contributed by atoms with Gasteiger partial charge >= 0.3 is 6.03 Å². The smallest absolute Gasteiger partial charge is 0.317 e. The SMILES string of the molecule is Cc1cccc(C)c1-c1ccnc2cc(O[C@H](C)C(=O)N3CCN(C(=O)NC(C)(C)C)CC3)ccc12. The molecule has 1 aliphatic heterocycles. The fourth-order valence-electron chi connectivity index (χ4n) is 4.70. The van der Waals surface area contributed by atoms with Gasteiger partial charge in [-0.3, -0.25) is 9.78 Å². The molecule has 0 saturated carbocycles. The molecule has 3 amide bonds. The monoisotopic (exact) mass is 488 g/mol. The molecule has 0 bridgehead atoms. The van der Waals surface area contributed by atoms with Gasteiger partial charge in [0.1, 0.15) is 5.75 Å². The van der Waals surface area contributed by atoms with Crippen LogP contribution in [0.1, 0.15) is 38.8 Å². The minimum absolute atomic E-state index is 0.0804. The maximum atomic E-state index is 13.1. The van der Waals surface area contributed by atoms with Crippen LogP contribution in [0.5, 0.6) is 5.75 Å². The molecular formula is C29H36N4O3. The van der Waals surface area contributed by atoms with E-state index in [9.17, 15) is 9.59 Å². The number of fused-ring (bicyclic) bond motifs is 1. The number of aryl methyl sites for hydroxylation is 2. The number of rotatable bonds is 4. The van der Waals surface area contributed by atoms with Gasteiger partial charge in [0.2, 0.25) is 0 Å². The minimum atomic E-state index is -0.640. The van der Waals surface area contributed by atoms with E-state index in [0.29, 0.717) is 31.9 Å². The van der Waals surface area contributed by atoms with Crippen molar-refractivity contribution in [2.75, 3.05) is 26.2 Å². The molecule has 1 saturated heterocycles. The van der Waals surface area contributed by atoms with Gasteiger partial charge < -0.3 is 19.9 Å². The summed E-state index contributed by atoms with van der Waals surface area (Å²) >= 11 is 0. The van der Waals surface area contributed by atoms with Crippen LogP contribution in [0.25, 0.3) is 22.0 Å². The largest absolute Gasteiger partial charge is 0.481 e. The molecule has 3 aromatic rings. The minimum Gasteiger partial charge on any atom is -0.481 e. The number of benzene rings is 2. The van der Waals surface area contributed by atoms with E-state index >= 15 is 0 Å². The van der Waals surface area contributed by atoms with Crippen molar-refractivity contribution in [3.05, 3.63) is 59.8 Å². The molecule has 0 spiro atoms. The van der Waals surface area contributed by atoms with Gasteiger partial charge in [-0.25, -0.2) is 4.79 Å². The zero-order valence-electron chi connectivity index (χ0n) is 22.1. The molecule has 7 nitrogen and oxygen atoms in total. The highest BCUT2D eigenvalue weighted by atomic mass is 16.5. The van der Waals surface area contributed by atoms with E-state index in [2.05, 4.69) is 42.3 Å². The Morgan fingerprint density at radius 2 is 1.61 bits per heavy atom. The molecule has 1 fully saturated rings. The third-order valence-electron chi connectivity index (χ3n) is 6.49. The normalized spacial score (nSPS) is 15.1. The molecule has 1 atom stereocenters. The summed E-state index contributed by atoms with van der Waals surface area (Å²) in [6.07, 6.45) is 1.18. The topological polar surface area (TPSA) is 74.8 Å². The second-order valence-corrected chi connectivity index (χ2v) is 10.6. The van der Waals surface area contributed by atoms with E-state index in [1.165, 1.54) is 16.7 Å². The second kappa shape index (κ2) is 10.2. The number of urea groups is 1. The zero-order chi connectivity index (χ0) is 26.0. The summed E-state index contributed by atoms with van der Waals surface area (Å²) in [7, 11) is 0. The Bertz CT molecular complexity index is 1250. The molecule has 1 N–H and O–H groups in total. The number of amides is 3. The van der Waals surface area contributed by atoms with E-state index in [0.717, 1.165) is 16.5 Å². The van der Waals surface area contributed by atoms with Crippen LogP contribution in [0, 0.1) is 13.8 Å². The lowest BCUT2D eigenvalue weighted by atomic mass is 9.93. The van der Waals surface area contributed by atoms with Crippen molar-refractivity contribution in [1.29, 1.82) is 0 Å². The fraction of sp³-hybridized carbons (Fsp3) is 0.414. The van der Waals surface area contributed by atoms with E-state index < -0.39 is 6.10 Å². The van der Waals surface area contributed by atoms with E-state index in [4.69, 9.17) is 4.74 Å². The number of ether oxygens (including phenoxy) is 1. The van der Waals surface area contributed by atoms with Gasteiger partial charge in [-0.2, -0.15) is 0 Å². The van der Waals surface area contributed by atoms with Gasteiger partial charge in [0.25, 0.3) is 5.91 Å². The highest BCUT2D eigenvalue weighted by molar-refractivity contribution is 5.96. The Balaban J connectivity index is 1.43. The summed E-state index contributed by atoms with van der Waals surface area (Å²) in [5.74, 6) is 0.529. The number of pyridine rings is 1. The Hall–Kier alpha value is -3.61. The highest BCUT2D eigenvalue weighted by Crippen LogP contribution is 2.33. The van der Waals surface area contributed by atoms with Crippen LogP contribution >= 0.6 is 0 Å². The summed E-state index contributed by atoms with van der Waals surface area (Å²) in [4.78, 5) is 33.5. The first-order chi connectivity index (χ1) is 17.0. The Kier molecular flexibility index (Phi) is 7.20. The Morgan fingerprint density at radius 1 is 0.972 bits per heavy atom. The lowest BCUT2D eigenvalue weighted by molar-refractivity contribution is -0.139. The first-order valence-corrected chi connectivity index (χ1v) is 12.5. The predicted octanol–water partition coefficient (Wildman–Crippen LogP) is 4.94. The van der Waals surface area contributed by atoms with Crippen molar-refractivity contribution < 1.29 is 14.3 Å². The number of aromatic nitrogens is 1. The first-order valence-electron chi connectivity index (χ1n) is 12.5. The van der Waals surface area contributed by atoms with Crippen LogP contribution in [0.4, 0.5) is 4.79 Å². The van der Waals surface area contributed by atoms with Crippen LogP contribution in [0.2, 0.25) is 0 Å². The number of carbonyl (C=O) groups is 2. The van der Waals surface area contributed by atoms with Crippen molar-refractivity contribution >= 4 is 22.8 Å². The fourth-order valence-corrected chi connectivity index (χ4v) is 4.70. The maximum Gasteiger partial charge on any atom is 0.317 e. The van der Waals surface area contributed by atoms with Crippen LogP contribution in [0.3, 0.4) is 0 Å². The van der Waals surface area contributed by atoms with E-state index in [1.54, 1.807) is 16.7 Å². The van der Waals surface area contributed by atoms with Gasteiger partial charge in [-0.1, -0.05) is 18.2 Å². The third-order valence-corrected chi connectivity index (χ3v) is 6.49. The molecule has 190 valence electrons. The summed E-state index contributed by atoms with van der Waals surface area (Å²) in [5, 5.41) is 4.02. The standard InChI is InChI=1S/C29H36N4O3/c1-19-8-7-9-20(2)26(19)24-12-13-30-25-18-22(10-11-23(24)25)36-21(3)27(34)32-14-16-33(17-15-32)28(35)31-29(4,5)6/h7-13,18,21H,14-17H2,1-6H3,(H,31,35)/t21-/m1/s1. The molecule has 7 heteroatoms. The molecule has 4 rings (SSSR count). The quantitative estimate of drug-likeness (QED) is 0.565. The average Bonchev–Trinajstić information content (AvgIpc) is 2.82. The maximum absolute atomic E-state index is 13.1. The van der Waals surface area contributed by atoms with Crippen LogP contribution in [-0.4, -0.2) is 64.5 Å². The Labute approximate surface area is 213 Å². The number of carbonyl (C=O) groups excluding carboxylic acids is 2. The first kappa shape index (κ1) is 25.5. The molecule has 1 aliphatic rings. The summed E-state index contributed by atoms with van der Waals surface area (Å²) in [6.45, 7) is 13.9. The van der Waals surface area contributed by atoms with E-state index in [-0.39, 0.29) is 17.5 Å². The predicted molar refractivity (Wildman–Crippen MR) is 143 cm³/mol. The molecule has 0 aliphatic carbocycles. The van der Waals surface area contributed by atoms with E-state index in [1.807, 2.05) is 51.2 Å². The highest BCUT2D eigenvalue weighted by Gasteiger charge is 2.29. The Morgan fingerprint density at radius 3 is 2.25 bits per heavy atom. The lowest BCUT2D eigenvalue weighted by Gasteiger charge is -2.37. The number of piperazine rings is 1. The third kappa shape index (κ3) is 5.61. The number of hydrogen-bond donors (Lipinski definition) is 1. The zero-order valence-corrected chi connectivity index (χ0v) is 22.1. The lowest BCUT2D eigenvalue weighted by Crippen LogP contribution is -2.57. The molecule has 1 aromatic heterocycles. The van der Waals surface area contributed by atoms with Gasteiger partial charge in [-0.15, -0.1) is 0 Å².